The van der Waals surface area contributed by atoms with Crippen LogP contribution in [-0.2, 0) is 24.2 Å². The van der Waals surface area contributed by atoms with Crippen molar-refractivity contribution >= 4 is 11.6 Å². The number of hydrogen-bond acceptors (Lipinski definition) is 2. The van der Waals surface area contributed by atoms with E-state index in [4.69, 9.17) is 5.73 Å². The minimum Gasteiger partial charge on any atom is -0.326 e. The fraction of sp³-hybridized carbons (Fsp3) is 0.278. The van der Waals surface area contributed by atoms with E-state index in [1.54, 1.807) is 0 Å². The predicted octanol–water partition coefficient (Wildman–Crippen LogP) is 2.81. The second-order valence-corrected chi connectivity index (χ2v) is 5.72. The highest BCUT2D eigenvalue weighted by atomic mass is 16.1. The van der Waals surface area contributed by atoms with Crippen molar-refractivity contribution < 1.29 is 4.79 Å². The van der Waals surface area contributed by atoms with Gasteiger partial charge in [0.2, 0.25) is 5.91 Å². The van der Waals surface area contributed by atoms with Crippen molar-refractivity contribution in [3.05, 3.63) is 64.7 Å². The zero-order valence-corrected chi connectivity index (χ0v) is 12.2. The maximum atomic E-state index is 12.5. The summed E-state index contributed by atoms with van der Waals surface area (Å²) < 4.78 is 0. The summed E-state index contributed by atoms with van der Waals surface area (Å²) in [6.45, 7) is 2.48. The molecule has 3 nitrogen and oxygen atoms in total. The SMILES string of the molecule is Cc1ccc(CN)cc1NC(=O)C1Cc2ccccc2C1. The molecule has 0 saturated heterocycles. The van der Waals surface area contributed by atoms with Crippen molar-refractivity contribution in [3.8, 4) is 0 Å². The van der Waals surface area contributed by atoms with Crippen molar-refractivity contribution in [1.82, 2.24) is 0 Å². The molecule has 0 fully saturated rings. The van der Waals surface area contributed by atoms with Crippen molar-refractivity contribution in [2.45, 2.75) is 26.3 Å². The van der Waals surface area contributed by atoms with E-state index in [2.05, 4.69) is 17.4 Å². The van der Waals surface area contributed by atoms with Crippen LogP contribution < -0.4 is 11.1 Å². The van der Waals surface area contributed by atoms with Gasteiger partial charge in [0.05, 0.1) is 0 Å². The number of hydrogen-bond donors (Lipinski definition) is 2. The van der Waals surface area contributed by atoms with Crippen molar-refractivity contribution in [2.24, 2.45) is 11.7 Å². The predicted molar refractivity (Wildman–Crippen MR) is 85.0 cm³/mol. The molecule has 3 N–H and O–H groups in total. The number of fused-ring (bicyclic) bond motifs is 1. The molecule has 1 aliphatic rings. The topological polar surface area (TPSA) is 55.1 Å². The van der Waals surface area contributed by atoms with E-state index in [1.807, 2.05) is 37.3 Å². The van der Waals surface area contributed by atoms with Crippen LogP contribution >= 0.6 is 0 Å². The lowest BCUT2D eigenvalue weighted by molar-refractivity contribution is -0.119. The molecule has 3 heteroatoms. The summed E-state index contributed by atoms with van der Waals surface area (Å²) in [6.07, 6.45) is 1.66. The molecule has 0 atom stereocenters. The number of benzene rings is 2. The first-order valence-electron chi connectivity index (χ1n) is 7.34. The van der Waals surface area contributed by atoms with Crippen LogP contribution in [0.1, 0.15) is 22.3 Å². The third-order valence-electron chi connectivity index (χ3n) is 4.22. The van der Waals surface area contributed by atoms with Crippen LogP contribution in [0, 0.1) is 12.8 Å². The van der Waals surface area contributed by atoms with Crippen LogP contribution in [0.5, 0.6) is 0 Å². The van der Waals surface area contributed by atoms with Gasteiger partial charge in [-0.3, -0.25) is 4.79 Å². The molecular formula is C18H20N2O. The van der Waals surface area contributed by atoms with Crippen LogP contribution in [-0.4, -0.2) is 5.91 Å². The zero-order valence-electron chi connectivity index (χ0n) is 12.2. The van der Waals surface area contributed by atoms with Gasteiger partial charge in [-0.25, -0.2) is 0 Å². The Bertz CT molecular complexity index is 654. The molecule has 2 aromatic carbocycles. The van der Waals surface area contributed by atoms with Gasteiger partial charge >= 0.3 is 0 Å². The molecule has 0 aliphatic heterocycles. The number of nitrogens with two attached hydrogens (primary N) is 1. The lowest BCUT2D eigenvalue weighted by Crippen LogP contribution is -2.23. The van der Waals surface area contributed by atoms with E-state index < -0.39 is 0 Å². The van der Waals surface area contributed by atoms with Crippen molar-refractivity contribution in [2.75, 3.05) is 5.32 Å². The summed E-state index contributed by atoms with van der Waals surface area (Å²) in [7, 11) is 0. The van der Waals surface area contributed by atoms with Gasteiger partial charge < -0.3 is 11.1 Å². The second kappa shape index (κ2) is 5.70. The zero-order chi connectivity index (χ0) is 14.8. The average molecular weight is 280 g/mol. The third kappa shape index (κ3) is 2.83. The van der Waals surface area contributed by atoms with E-state index >= 15 is 0 Å². The molecule has 0 saturated carbocycles. The molecule has 1 aliphatic carbocycles. The highest BCUT2D eigenvalue weighted by Crippen LogP contribution is 2.28. The van der Waals surface area contributed by atoms with Gasteiger partial charge in [-0.05, 0) is 48.1 Å². The van der Waals surface area contributed by atoms with Gasteiger partial charge in [0.15, 0.2) is 0 Å². The molecular weight excluding hydrogens is 260 g/mol. The smallest absolute Gasteiger partial charge is 0.228 e. The van der Waals surface area contributed by atoms with Gasteiger partial charge in [0.1, 0.15) is 0 Å². The molecule has 21 heavy (non-hydrogen) atoms. The summed E-state index contributed by atoms with van der Waals surface area (Å²) in [5, 5.41) is 3.07. The van der Waals surface area contributed by atoms with E-state index in [0.29, 0.717) is 6.54 Å². The summed E-state index contributed by atoms with van der Waals surface area (Å²) >= 11 is 0. The number of carbonyl (C=O) groups is 1. The molecule has 2 aromatic rings. The minimum atomic E-state index is 0.0309. The number of anilines is 1. The van der Waals surface area contributed by atoms with Crippen LogP contribution in [0.15, 0.2) is 42.5 Å². The van der Waals surface area contributed by atoms with E-state index in [1.165, 1.54) is 11.1 Å². The Hall–Kier alpha value is -2.13. The Morgan fingerprint density at radius 3 is 2.48 bits per heavy atom. The number of amides is 1. The standard InChI is InChI=1S/C18H20N2O/c1-12-6-7-13(11-19)8-17(12)20-18(21)16-9-14-4-2-3-5-15(14)10-16/h2-8,16H,9-11,19H2,1H3,(H,20,21). The molecule has 3 rings (SSSR count). The molecule has 0 unspecified atom stereocenters. The lowest BCUT2D eigenvalue weighted by Gasteiger charge is -2.13. The summed E-state index contributed by atoms with van der Waals surface area (Å²) in [4.78, 5) is 12.5. The fourth-order valence-electron chi connectivity index (χ4n) is 2.91. The largest absolute Gasteiger partial charge is 0.326 e. The van der Waals surface area contributed by atoms with Gasteiger partial charge in [0.25, 0.3) is 0 Å². The molecule has 0 spiro atoms. The molecule has 108 valence electrons. The number of rotatable bonds is 3. The summed E-state index contributed by atoms with van der Waals surface area (Å²) in [5.41, 5.74) is 11.2. The molecule has 0 radical (unpaired) electrons. The normalized spacial score (nSPS) is 14.0. The maximum absolute atomic E-state index is 12.5. The van der Waals surface area contributed by atoms with Gasteiger partial charge in [0, 0.05) is 18.2 Å². The lowest BCUT2D eigenvalue weighted by atomic mass is 10.0. The van der Waals surface area contributed by atoms with Gasteiger partial charge in [-0.1, -0.05) is 36.4 Å². The van der Waals surface area contributed by atoms with Crippen molar-refractivity contribution in [1.29, 1.82) is 0 Å². The number of nitrogens with one attached hydrogen (secondary N) is 1. The Kier molecular flexibility index (Phi) is 3.76. The van der Waals surface area contributed by atoms with Gasteiger partial charge in [-0.15, -0.1) is 0 Å². The second-order valence-electron chi connectivity index (χ2n) is 5.72. The van der Waals surface area contributed by atoms with Crippen LogP contribution in [0.25, 0.3) is 0 Å². The molecule has 1 amide bonds. The van der Waals surface area contributed by atoms with Crippen LogP contribution in [0.3, 0.4) is 0 Å². The minimum absolute atomic E-state index is 0.0309. The fourth-order valence-corrected chi connectivity index (χ4v) is 2.91. The van der Waals surface area contributed by atoms with Crippen molar-refractivity contribution in [3.63, 3.8) is 0 Å². The van der Waals surface area contributed by atoms with E-state index in [9.17, 15) is 4.79 Å². The Morgan fingerprint density at radius 2 is 1.86 bits per heavy atom. The first-order valence-corrected chi connectivity index (χ1v) is 7.34. The first kappa shape index (κ1) is 13.8. The first-order chi connectivity index (χ1) is 10.2. The summed E-state index contributed by atoms with van der Waals surface area (Å²) in [5.74, 6) is 0.131. The Balaban J connectivity index is 1.74. The molecule has 0 bridgehead atoms. The maximum Gasteiger partial charge on any atom is 0.228 e. The monoisotopic (exact) mass is 280 g/mol. The van der Waals surface area contributed by atoms with Crippen LogP contribution in [0.2, 0.25) is 0 Å². The molecule has 0 heterocycles. The number of aryl methyl sites for hydroxylation is 1. The van der Waals surface area contributed by atoms with Gasteiger partial charge in [-0.2, -0.15) is 0 Å². The Labute approximate surface area is 125 Å². The number of carbonyl (C=O) groups excluding carboxylic acids is 1. The molecule has 0 aromatic heterocycles. The summed E-state index contributed by atoms with van der Waals surface area (Å²) in [6, 6.07) is 14.3. The van der Waals surface area contributed by atoms with E-state index in [0.717, 1.165) is 29.7 Å². The highest BCUT2D eigenvalue weighted by Gasteiger charge is 2.27. The van der Waals surface area contributed by atoms with E-state index in [-0.39, 0.29) is 11.8 Å². The quantitative estimate of drug-likeness (QED) is 0.908. The average Bonchev–Trinajstić information content (AvgIpc) is 2.93. The third-order valence-corrected chi connectivity index (χ3v) is 4.22. The van der Waals surface area contributed by atoms with Crippen LogP contribution in [0.4, 0.5) is 5.69 Å². The highest BCUT2D eigenvalue weighted by molar-refractivity contribution is 5.94. The Morgan fingerprint density at radius 1 is 1.19 bits per heavy atom.